The molecule has 8 nitrogen and oxygen atoms in total. The van der Waals surface area contributed by atoms with Gasteiger partial charge in [0.2, 0.25) is 0 Å². The molecule has 3 aliphatic heterocycles. The number of rotatable bonds is 7. The summed E-state index contributed by atoms with van der Waals surface area (Å²) < 4.78 is 16.9. The van der Waals surface area contributed by atoms with Crippen LogP contribution in [0.15, 0.2) is 24.3 Å². The lowest BCUT2D eigenvalue weighted by Gasteiger charge is -2.42. The SMILES string of the molecule is CC(C)(C)OC(=O)N1CCC(N2CCC(Nc3ccc(OCCN4CCOCC4)cc3)CC2)CC1. The summed E-state index contributed by atoms with van der Waals surface area (Å²) in [5.41, 5.74) is 0.730. The third-order valence-corrected chi connectivity index (χ3v) is 7.17. The number of morpholine rings is 1. The van der Waals surface area contributed by atoms with Crippen LogP contribution in [-0.4, -0.2) is 104 Å². The Bertz CT molecular complexity index is 775. The third-order valence-electron chi connectivity index (χ3n) is 7.17. The Hall–Kier alpha value is -2.03. The molecule has 0 bridgehead atoms. The molecule has 3 heterocycles. The molecule has 4 rings (SSSR count). The minimum Gasteiger partial charge on any atom is -0.492 e. The Morgan fingerprint density at radius 2 is 1.63 bits per heavy atom. The Kier molecular flexibility index (Phi) is 9.14. The molecule has 8 heteroatoms. The van der Waals surface area contributed by atoms with E-state index >= 15 is 0 Å². The van der Waals surface area contributed by atoms with Gasteiger partial charge in [0, 0.05) is 63.6 Å². The molecule has 0 aliphatic carbocycles. The van der Waals surface area contributed by atoms with Gasteiger partial charge in [-0.2, -0.15) is 0 Å². The van der Waals surface area contributed by atoms with Crippen molar-refractivity contribution < 1.29 is 19.0 Å². The zero-order valence-electron chi connectivity index (χ0n) is 21.8. The van der Waals surface area contributed by atoms with Crippen molar-refractivity contribution in [2.75, 3.05) is 71.0 Å². The first-order valence-corrected chi connectivity index (χ1v) is 13.4. The largest absolute Gasteiger partial charge is 0.492 e. The normalized spacial score (nSPS) is 21.6. The second-order valence-corrected chi connectivity index (χ2v) is 11.0. The summed E-state index contributed by atoms with van der Waals surface area (Å²) in [5, 5.41) is 3.71. The monoisotopic (exact) mass is 488 g/mol. The van der Waals surface area contributed by atoms with Gasteiger partial charge < -0.3 is 29.3 Å². The molecule has 1 amide bonds. The van der Waals surface area contributed by atoms with Gasteiger partial charge in [0.05, 0.1) is 13.2 Å². The van der Waals surface area contributed by atoms with Crippen LogP contribution >= 0.6 is 0 Å². The number of carbonyl (C=O) groups is 1. The molecule has 3 saturated heterocycles. The van der Waals surface area contributed by atoms with Crippen LogP contribution in [0.3, 0.4) is 0 Å². The second-order valence-electron chi connectivity index (χ2n) is 11.0. The van der Waals surface area contributed by atoms with Gasteiger partial charge in [0.15, 0.2) is 0 Å². The van der Waals surface area contributed by atoms with Gasteiger partial charge in [0.1, 0.15) is 18.0 Å². The fourth-order valence-corrected chi connectivity index (χ4v) is 5.15. The van der Waals surface area contributed by atoms with Crippen LogP contribution in [0.2, 0.25) is 0 Å². The van der Waals surface area contributed by atoms with E-state index in [0.29, 0.717) is 18.7 Å². The number of carbonyl (C=O) groups excluding carboxylic acids is 1. The number of likely N-dealkylation sites (tertiary alicyclic amines) is 2. The molecule has 35 heavy (non-hydrogen) atoms. The summed E-state index contributed by atoms with van der Waals surface area (Å²) in [7, 11) is 0. The predicted octanol–water partition coefficient (Wildman–Crippen LogP) is 3.67. The molecular formula is C27H44N4O4. The maximum absolute atomic E-state index is 12.3. The standard InChI is InChI=1S/C27H44N4O4/c1-27(2,3)35-26(32)31-14-10-24(11-15-31)30-12-8-23(9-13-30)28-22-4-6-25(7-5-22)34-21-18-29-16-19-33-20-17-29/h4-7,23-24,28H,8-21H2,1-3H3. The van der Waals surface area contributed by atoms with Crippen LogP contribution < -0.4 is 10.1 Å². The van der Waals surface area contributed by atoms with E-state index < -0.39 is 5.60 Å². The number of hydrogen-bond donors (Lipinski definition) is 1. The fraction of sp³-hybridized carbons (Fsp3) is 0.741. The summed E-state index contributed by atoms with van der Waals surface area (Å²) in [6.07, 6.45) is 4.18. The van der Waals surface area contributed by atoms with Gasteiger partial charge in [-0.1, -0.05) is 0 Å². The molecule has 0 unspecified atom stereocenters. The smallest absolute Gasteiger partial charge is 0.410 e. The van der Waals surface area contributed by atoms with Crippen molar-refractivity contribution >= 4 is 11.8 Å². The van der Waals surface area contributed by atoms with E-state index in [1.165, 1.54) is 0 Å². The average Bonchev–Trinajstić information content (AvgIpc) is 2.85. The first kappa shape index (κ1) is 26.0. The van der Waals surface area contributed by atoms with Crippen molar-refractivity contribution in [3.05, 3.63) is 24.3 Å². The van der Waals surface area contributed by atoms with Gasteiger partial charge in [0.25, 0.3) is 0 Å². The van der Waals surface area contributed by atoms with Crippen LogP contribution in [0.4, 0.5) is 10.5 Å². The van der Waals surface area contributed by atoms with Crippen LogP contribution in [0.1, 0.15) is 46.5 Å². The zero-order valence-corrected chi connectivity index (χ0v) is 21.8. The molecule has 0 aromatic heterocycles. The van der Waals surface area contributed by atoms with E-state index in [-0.39, 0.29) is 6.09 Å². The van der Waals surface area contributed by atoms with Crippen molar-refractivity contribution in [1.29, 1.82) is 0 Å². The van der Waals surface area contributed by atoms with Gasteiger partial charge in [-0.15, -0.1) is 0 Å². The summed E-state index contributed by atoms with van der Waals surface area (Å²) >= 11 is 0. The van der Waals surface area contributed by atoms with E-state index in [2.05, 4.69) is 39.4 Å². The second kappa shape index (κ2) is 12.3. The highest BCUT2D eigenvalue weighted by molar-refractivity contribution is 5.68. The highest BCUT2D eigenvalue weighted by Crippen LogP contribution is 2.25. The first-order chi connectivity index (χ1) is 16.9. The molecule has 0 radical (unpaired) electrons. The molecule has 1 aromatic carbocycles. The van der Waals surface area contributed by atoms with Crippen LogP contribution in [0.5, 0.6) is 5.75 Å². The maximum Gasteiger partial charge on any atom is 0.410 e. The molecule has 1 aromatic rings. The number of nitrogens with zero attached hydrogens (tertiary/aromatic N) is 3. The molecule has 0 saturated carbocycles. The van der Waals surface area contributed by atoms with Gasteiger partial charge in [-0.05, 0) is 70.7 Å². The number of hydrogen-bond acceptors (Lipinski definition) is 7. The first-order valence-electron chi connectivity index (χ1n) is 13.4. The molecule has 3 aliphatic rings. The van der Waals surface area contributed by atoms with E-state index in [4.69, 9.17) is 14.2 Å². The summed E-state index contributed by atoms with van der Waals surface area (Å²) in [4.78, 5) is 19.2. The van der Waals surface area contributed by atoms with Crippen molar-refractivity contribution in [2.24, 2.45) is 0 Å². The predicted molar refractivity (Wildman–Crippen MR) is 138 cm³/mol. The van der Waals surface area contributed by atoms with Crippen molar-refractivity contribution in [1.82, 2.24) is 14.7 Å². The van der Waals surface area contributed by atoms with E-state index in [1.807, 2.05) is 25.7 Å². The van der Waals surface area contributed by atoms with E-state index in [0.717, 1.165) is 96.1 Å². The number of ether oxygens (including phenoxy) is 3. The molecule has 1 N–H and O–H groups in total. The van der Waals surface area contributed by atoms with Crippen molar-refractivity contribution in [3.8, 4) is 5.75 Å². The summed E-state index contributed by atoms with van der Waals surface area (Å²) in [5.74, 6) is 0.927. The number of nitrogens with one attached hydrogen (secondary N) is 1. The summed E-state index contributed by atoms with van der Waals surface area (Å²) in [6.45, 7) is 14.9. The molecule has 3 fully saturated rings. The van der Waals surface area contributed by atoms with Crippen LogP contribution in [0, 0.1) is 0 Å². The fourth-order valence-electron chi connectivity index (χ4n) is 5.15. The lowest BCUT2D eigenvalue weighted by atomic mass is 9.98. The lowest BCUT2D eigenvalue weighted by molar-refractivity contribution is 0.0129. The minimum atomic E-state index is -0.431. The van der Waals surface area contributed by atoms with Crippen LogP contribution in [-0.2, 0) is 9.47 Å². The molecular weight excluding hydrogens is 444 g/mol. The Morgan fingerprint density at radius 1 is 0.971 bits per heavy atom. The van der Waals surface area contributed by atoms with E-state index in [9.17, 15) is 4.79 Å². The van der Waals surface area contributed by atoms with E-state index in [1.54, 1.807) is 0 Å². The van der Waals surface area contributed by atoms with Gasteiger partial charge in [-0.25, -0.2) is 4.79 Å². The number of benzene rings is 1. The third kappa shape index (κ3) is 8.26. The highest BCUT2D eigenvalue weighted by Gasteiger charge is 2.31. The quantitative estimate of drug-likeness (QED) is 0.628. The average molecular weight is 489 g/mol. The van der Waals surface area contributed by atoms with Crippen molar-refractivity contribution in [3.63, 3.8) is 0 Å². The number of anilines is 1. The Balaban J connectivity index is 1.12. The van der Waals surface area contributed by atoms with Gasteiger partial charge in [-0.3, -0.25) is 4.90 Å². The highest BCUT2D eigenvalue weighted by atomic mass is 16.6. The molecule has 0 spiro atoms. The summed E-state index contributed by atoms with van der Waals surface area (Å²) in [6, 6.07) is 9.46. The molecule has 196 valence electrons. The lowest BCUT2D eigenvalue weighted by Crippen LogP contribution is -2.50. The Morgan fingerprint density at radius 3 is 2.26 bits per heavy atom. The zero-order chi connectivity index (χ0) is 24.7. The van der Waals surface area contributed by atoms with Crippen LogP contribution in [0.25, 0.3) is 0 Å². The Labute approximate surface area is 210 Å². The van der Waals surface area contributed by atoms with Crippen molar-refractivity contribution in [2.45, 2.75) is 64.1 Å². The maximum atomic E-state index is 12.3. The topological polar surface area (TPSA) is 66.5 Å². The van der Waals surface area contributed by atoms with Gasteiger partial charge >= 0.3 is 6.09 Å². The molecule has 0 atom stereocenters. The number of amides is 1. The minimum absolute atomic E-state index is 0.174. The number of piperidine rings is 2.